The van der Waals surface area contributed by atoms with Gasteiger partial charge in [-0.25, -0.2) is 4.99 Å². The largest absolute Gasteiger partial charge is 0.357 e. The van der Waals surface area contributed by atoms with E-state index >= 15 is 0 Å². The second kappa shape index (κ2) is 8.26. The van der Waals surface area contributed by atoms with Crippen molar-refractivity contribution in [2.75, 3.05) is 38.5 Å². The van der Waals surface area contributed by atoms with Crippen LogP contribution in [0.1, 0.15) is 28.3 Å². The molecule has 7 heteroatoms. The number of aliphatic imine (C=N–C) groups is 1. The number of hydrogen-bond donors (Lipinski definition) is 2. The summed E-state index contributed by atoms with van der Waals surface area (Å²) in [6, 6.07) is 6.49. The van der Waals surface area contributed by atoms with Gasteiger partial charge in [-0.2, -0.15) is 0 Å². The van der Waals surface area contributed by atoms with Gasteiger partial charge in [0.1, 0.15) is 5.00 Å². The molecule has 0 radical (unpaired) electrons. The van der Waals surface area contributed by atoms with Crippen LogP contribution in [0, 0.1) is 20.8 Å². The molecule has 0 bridgehead atoms. The van der Waals surface area contributed by atoms with E-state index in [1.807, 2.05) is 38.4 Å². The standard InChI is InChI=1S/C22H29N5OS/c1-14-6-5-7-15(2)20(14)25-18(28)11-27-9-8-23-10-17(27)21-19-16(3)12-29-22(19)24-13-26(21)4/h5-7,12-13,17,21,23H,8-11H2,1-4H3,(H,25,28). The zero-order valence-corrected chi connectivity index (χ0v) is 18.3. The number of carbonyl (C=O) groups excluding carboxylic acids is 1. The van der Waals surface area contributed by atoms with Crippen molar-refractivity contribution in [2.24, 2.45) is 4.99 Å². The van der Waals surface area contributed by atoms with Gasteiger partial charge in [0.05, 0.1) is 18.9 Å². The Bertz CT molecular complexity index is 917. The Balaban J connectivity index is 1.54. The van der Waals surface area contributed by atoms with Crippen LogP contribution in [0.3, 0.4) is 0 Å². The van der Waals surface area contributed by atoms with Crippen LogP contribution in [-0.4, -0.2) is 61.3 Å². The molecule has 29 heavy (non-hydrogen) atoms. The van der Waals surface area contributed by atoms with E-state index < -0.39 is 0 Å². The summed E-state index contributed by atoms with van der Waals surface area (Å²) in [4.78, 5) is 22.1. The van der Waals surface area contributed by atoms with Gasteiger partial charge in [0.15, 0.2) is 0 Å². The zero-order chi connectivity index (χ0) is 20.5. The van der Waals surface area contributed by atoms with Crippen molar-refractivity contribution in [3.05, 3.63) is 45.8 Å². The molecule has 2 aliphatic heterocycles. The van der Waals surface area contributed by atoms with Crippen LogP contribution >= 0.6 is 11.3 Å². The van der Waals surface area contributed by atoms with Gasteiger partial charge in [0, 0.05) is 44.0 Å². The van der Waals surface area contributed by atoms with E-state index in [-0.39, 0.29) is 18.0 Å². The minimum atomic E-state index is 0.0451. The number of piperazine rings is 1. The van der Waals surface area contributed by atoms with Crippen LogP contribution < -0.4 is 10.6 Å². The molecule has 6 nitrogen and oxygen atoms in total. The maximum Gasteiger partial charge on any atom is 0.238 e. The summed E-state index contributed by atoms with van der Waals surface area (Å²) in [7, 11) is 2.08. The number of rotatable bonds is 4. The number of fused-ring (bicyclic) bond motifs is 1. The topological polar surface area (TPSA) is 60.0 Å². The SMILES string of the molecule is Cc1cccc(C)c1NC(=O)CN1CCNCC1C1c2c(C)csc2N=CN1C. The molecular weight excluding hydrogens is 382 g/mol. The molecule has 0 saturated carbocycles. The van der Waals surface area contributed by atoms with Crippen LogP contribution in [0.15, 0.2) is 28.6 Å². The van der Waals surface area contributed by atoms with Gasteiger partial charge >= 0.3 is 0 Å². The molecule has 1 amide bonds. The molecule has 1 aromatic carbocycles. The van der Waals surface area contributed by atoms with Gasteiger partial charge in [-0.3, -0.25) is 9.69 Å². The molecule has 2 aliphatic rings. The Labute approximate surface area is 176 Å². The fourth-order valence-corrected chi connectivity index (χ4v) is 5.36. The van der Waals surface area contributed by atoms with Crippen molar-refractivity contribution in [2.45, 2.75) is 32.9 Å². The molecule has 0 spiro atoms. The van der Waals surface area contributed by atoms with Gasteiger partial charge in [-0.05, 0) is 42.8 Å². The third-order valence-electron chi connectivity index (χ3n) is 5.95. The number of hydrogen-bond acceptors (Lipinski definition) is 6. The van der Waals surface area contributed by atoms with Crippen LogP contribution in [0.25, 0.3) is 0 Å². The monoisotopic (exact) mass is 411 g/mol. The third kappa shape index (κ3) is 3.95. The van der Waals surface area contributed by atoms with Crippen molar-refractivity contribution < 1.29 is 4.79 Å². The Hall–Kier alpha value is -2.22. The predicted octanol–water partition coefficient (Wildman–Crippen LogP) is 3.23. The smallest absolute Gasteiger partial charge is 0.238 e. The molecule has 1 aromatic heterocycles. The highest BCUT2D eigenvalue weighted by atomic mass is 32.1. The van der Waals surface area contributed by atoms with E-state index in [0.717, 1.165) is 41.4 Å². The lowest BCUT2D eigenvalue weighted by molar-refractivity contribution is -0.118. The molecule has 154 valence electrons. The molecule has 2 N–H and O–H groups in total. The highest BCUT2D eigenvalue weighted by Gasteiger charge is 2.37. The maximum atomic E-state index is 12.9. The molecule has 2 aromatic rings. The summed E-state index contributed by atoms with van der Waals surface area (Å²) in [5, 5.41) is 9.95. The zero-order valence-electron chi connectivity index (χ0n) is 17.5. The lowest BCUT2D eigenvalue weighted by Crippen LogP contribution is -2.58. The number of anilines is 1. The van der Waals surface area contributed by atoms with Crippen molar-refractivity contribution in [3.63, 3.8) is 0 Å². The Morgan fingerprint density at radius 2 is 2.03 bits per heavy atom. The number of para-hydroxylation sites is 1. The lowest BCUT2D eigenvalue weighted by atomic mass is 9.93. The molecule has 1 saturated heterocycles. The van der Waals surface area contributed by atoms with E-state index in [9.17, 15) is 4.79 Å². The van der Waals surface area contributed by atoms with Crippen LogP contribution in [0.4, 0.5) is 10.7 Å². The average Bonchev–Trinajstić information content (AvgIpc) is 3.07. The van der Waals surface area contributed by atoms with Gasteiger partial charge in [-0.15, -0.1) is 11.3 Å². The summed E-state index contributed by atoms with van der Waals surface area (Å²) in [6.45, 7) is 9.22. The number of nitrogens with zero attached hydrogens (tertiary/aromatic N) is 3. The first-order valence-corrected chi connectivity index (χ1v) is 11.0. The van der Waals surface area contributed by atoms with Gasteiger partial charge in [-0.1, -0.05) is 18.2 Å². The van der Waals surface area contributed by atoms with Crippen molar-refractivity contribution in [1.29, 1.82) is 0 Å². The van der Waals surface area contributed by atoms with Crippen LogP contribution in [0.2, 0.25) is 0 Å². The van der Waals surface area contributed by atoms with Crippen LogP contribution in [0.5, 0.6) is 0 Å². The molecule has 2 unspecified atom stereocenters. The predicted molar refractivity (Wildman–Crippen MR) is 120 cm³/mol. The molecular formula is C22H29N5OS. The fourth-order valence-electron chi connectivity index (χ4n) is 4.43. The number of aryl methyl sites for hydroxylation is 3. The molecule has 2 atom stereocenters. The second-order valence-corrected chi connectivity index (χ2v) is 8.91. The lowest BCUT2D eigenvalue weighted by Gasteiger charge is -2.44. The van der Waals surface area contributed by atoms with Gasteiger partial charge < -0.3 is 15.5 Å². The number of amides is 1. The Morgan fingerprint density at radius 3 is 2.79 bits per heavy atom. The molecule has 4 rings (SSSR count). The summed E-state index contributed by atoms with van der Waals surface area (Å²) in [6.07, 6.45) is 1.92. The van der Waals surface area contributed by atoms with Crippen LogP contribution in [-0.2, 0) is 4.79 Å². The normalized spacial score (nSPS) is 21.9. The van der Waals surface area contributed by atoms with E-state index in [0.29, 0.717) is 6.54 Å². The minimum Gasteiger partial charge on any atom is -0.357 e. The van der Waals surface area contributed by atoms with Crippen molar-refractivity contribution >= 4 is 34.3 Å². The highest BCUT2D eigenvalue weighted by Crippen LogP contribution is 2.42. The number of benzene rings is 1. The maximum absolute atomic E-state index is 12.9. The number of nitrogens with one attached hydrogen (secondary N) is 2. The third-order valence-corrected chi connectivity index (χ3v) is 6.97. The summed E-state index contributed by atoms with van der Waals surface area (Å²) in [5.41, 5.74) is 5.70. The van der Waals surface area contributed by atoms with E-state index in [2.05, 4.69) is 44.8 Å². The summed E-state index contributed by atoms with van der Waals surface area (Å²) >= 11 is 1.70. The summed E-state index contributed by atoms with van der Waals surface area (Å²) < 4.78 is 0. The number of likely N-dealkylation sites (N-methyl/N-ethyl adjacent to an activating group) is 1. The first kappa shape index (κ1) is 20.1. The van der Waals surface area contributed by atoms with Crippen molar-refractivity contribution in [3.8, 4) is 0 Å². The quantitative estimate of drug-likeness (QED) is 0.811. The second-order valence-electron chi connectivity index (χ2n) is 8.05. The minimum absolute atomic E-state index is 0.0451. The van der Waals surface area contributed by atoms with E-state index in [4.69, 9.17) is 0 Å². The first-order valence-electron chi connectivity index (χ1n) is 10.1. The number of carbonyl (C=O) groups is 1. The fraction of sp³-hybridized carbons (Fsp3) is 0.455. The molecule has 3 heterocycles. The number of thiophene rings is 1. The first-order chi connectivity index (χ1) is 14.0. The van der Waals surface area contributed by atoms with Crippen molar-refractivity contribution in [1.82, 2.24) is 15.1 Å². The average molecular weight is 412 g/mol. The Kier molecular flexibility index (Phi) is 5.72. The van der Waals surface area contributed by atoms with E-state index in [1.165, 1.54) is 11.1 Å². The van der Waals surface area contributed by atoms with E-state index in [1.54, 1.807) is 11.3 Å². The van der Waals surface area contributed by atoms with Gasteiger partial charge in [0.25, 0.3) is 0 Å². The summed E-state index contributed by atoms with van der Waals surface area (Å²) in [5.74, 6) is 0.0451. The molecule has 0 aliphatic carbocycles. The van der Waals surface area contributed by atoms with Gasteiger partial charge in [0.2, 0.25) is 5.91 Å². The molecule has 1 fully saturated rings. The highest BCUT2D eigenvalue weighted by molar-refractivity contribution is 7.14. The Morgan fingerprint density at radius 1 is 1.28 bits per heavy atom.